The monoisotopic (exact) mass is 354 g/mol. The van der Waals surface area contributed by atoms with Gasteiger partial charge in [-0.25, -0.2) is 4.98 Å². The average Bonchev–Trinajstić information content (AvgIpc) is 2.52. The number of aryl methyl sites for hydroxylation is 1. The number of nitriles is 1. The van der Waals surface area contributed by atoms with Crippen molar-refractivity contribution < 1.29 is 22.8 Å². The van der Waals surface area contributed by atoms with E-state index in [0.717, 1.165) is 0 Å². The molecule has 2 heterocycles. The number of nitrogens with zero attached hydrogens (tertiary/aromatic N) is 3. The van der Waals surface area contributed by atoms with Crippen LogP contribution in [0, 0.1) is 18.3 Å². The van der Waals surface area contributed by atoms with Gasteiger partial charge in [-0.1, -0.05) is 0 Å². The number of nitrogens with one attached hydrogen (secondary N) is 1. The van der Waals surface area contributed by atoms with Gasteiger partial charge in [0.05, 0.1) is 11.3 Å². The van der Waals surface area contributed by atoms with Crippen molar-refractivity contribution in [1.29, 1.82) is 5.26 Å². The van der Waals surface area contributed by atoms with Crippen LogP contribution in [0.4, 0.5) is 13.2 Å². The highest BCUT2D eigenvalue weighted by Crippen LogP contribution is 2.32. The zero-order valence-electron chi connectivity index (χ0n) is 13.7. The maximum Gasteiger partial charge on any atom is 0.408 e. The summed E-state index contributed by atoms with van der Waals surface area (Å²) in [5.74, 6) is -1.24. The number of likely N-dealkylation sites (tertiary alicyclic amines) is 1. The number of hydrogen-bond donors (Lipinski definition) is 1. The standard InChI is InChI=1S/C16H17F3N4O2/c1-9-11(7-20)3-5-13(21-9)15(25)23-8-12(22-10(2)24)4-6-14(23)16(17,18)19/h3,5,12,14H,4,6,8H2,1-2H3,(H,22,24)/t12-,14-/m0/s1. The number of alkyl halides is 3. The number of hydrogen-bond acceptors (Lipinski definition) is 4. The molecular weight excluding hydrogens is 337 g/mol. The minimum absolute atomic E-state index is 0.132. The second kappa shape index (κ2) is 7.09. The molecule has 1 N–H and O–H groups in total. The Morgan fingerprint density at radius 2 is 2.04 bits per heavy atom. The Morgan fingerprint density at radius 3 is 2.56 bits per heavy atom. The van der Waals surface area contributed by atoms with Gasteiger partial charge < -0.3 is 10.2 Å². The van der Waals surface area contributed by atoms with Crippen molar-refractivity contribution in [3.63, 3.8) is 0 Å². The van der Waals surface area contributed by atoms with Crippen molar-refractivity contribution >= 4 is 11.8 Å². The first-order valence-electron chi connectivity index (χ1n) is 7.66. The van der Waals surface area contributed by atoms with Crippen molar-refractivity contribution in [2.45, 2.75) is 44.9 Å². The Labute approximate surface area is 142 Å². The Morgan fingerprint density at radius 1 is 1.36 bits per heavy atom. The van der Waals surface area contributed by atoms with E-state index in [0.29, 0.717) is 4.90 Å². The van der Waals surface area contributed by atoms with E-state index in [4.69, 9.17) is 5.26 Å². The molecule has 0 unspecified atom stereocenters. The number of amides is 2. The third-order valence-corrected chi connectivity index (χ3v) is 4.05. The van der Waals surface area contributed by atoms with Crippen LogP contribution in [0.5, 0.6) is 0 Å². The zero-order valence-corrected chi connectivity index (χ0v) is 13.7. The molecule has 0 aliphatic carbocycles. The van der Waals surface area contributed by atoms with Gasteiger partial charge in [0.1, 0.15) is 17.8 Å². The maximum absolute atomic E-state index is 13.3. The van der Waals surface area contributed by atoms with Gasteiger partial charge in [0, 0.05) is 19.5 Å². The number of halogens is 3. The van der Waals surface area contributed by atoms with Crippen LogP contribution in [0.2, 0.25) is 0 Å². The number of carbonyl (C=O) groups is 2. The van der Waals surface area contributed by atoms with Crippen molar-refractivity contribution in [3.8, 4) is 6.07 Å². The van der Waals surface area contributed by atoms with E-state index in [1.54, 1.807) is 0 Å². The van der Waals surface area contributed by atoms with Crippen molar-refractivity contribution in [1.82, 2.24) is 15.2 Å². The normalized spacial score (nSPS) is 20.7. The topological polar surface area (TPSA) is 86.1 Å². The van der Waals surface area contributed by atoms with E-state index in [1.807, 2.05) is 6.07 Å². The molecule has 0 spiro atoms. The lowest BCUT2D eigenvalue weighted by Crippen LogP contribution is -2.58. The number of pyridine rings is 1. The van der Waals surface area contributed by atoms with E-state index < -0.39 is 24.2 Å². The fourth-order valence-corrected chi connectivity index (χ4v) is 2.89. The molecule has 0 aromatic carbocycles. The van der Waals surface area contributed by atoms with Crippen molar-refractivity contribution in [2.75, 3.05) is 6.54 Å². The first kappa shape index (κ1) is 18.7. The van der Waals surface area contributed by atoms with Crippen molar-refractivity contribution in [3.05, 3.63) is 29.1 Å². The van der Waals surface area contributed by atoms with Gasteiger partial charge in [0.2, 0.25) is 5.91 Å². The van der Waals surface area contributed by atoms with E-state index in [9.17, 15) is 22.8 Å². The highest BCUT2D eigenvalue weighted by atomic mass is 19.4. The second-order valence-electron chi connectivity index (χ2n) is 5.93. The highest BCUT2D eigenvalue weighted by Gasteiger charge is 2.48. The molecule has 0 saturated carbocycles. The van der Waals surface area contributed by atoms with Crippen LogP contribution >= 0.6 is 0 Å². The molecule has 0 bridgehead atoms. The summed E-state index contributed by atoms with van der Waals surface area (Å²) in [6, 6.07) is 2.01. The predicted octanol–water partition coefficient (Wildman–Crippen LogP) is 1.93. The van der Waals surface area contributed by atoms with E-state index in [1.165, 1.54) is 26.0 Å². The molecular formula is C16H17F3N4O2. The van der Waals surface area contributed by atoms with Crippen LogP contribution in [0.3, 0.4) is 0 Å². The Balaban J connectivity index is 2.31. The van der Waals surface area contributed by atoms with Crippen molar-refractivity contribution in [2.24, 2.45) is 0 Å². The average molecular weight is 354 g/mol. The molecule has 1 aliphatic heterocycles. The SMILES string of the molecule is CC(=O)N[C@H]1CC[C@@H](C(F)(F)F)N(C(=O)c2ccc(C#N)c(C)n2)C1. The molecule has 2 atom stereocenters. The lowest BCUT2D eigenvalue weighted by Gasteiger charge is -2.40. The van der Waals surface area contributed by atoms with Gasteiger partial charge in [-0.2, -0.15) is 18.4 Å². The molecule has 0 radical (unpaired) electrons. The molecule has 1 fully saturated rings. The lowest BCUT2D eigenvalue weighted by molar-refractivity contribution is -0.184. The molecule has 1 aromatic rings. The maximum atomic E-state index is 13.3. The largest absolute Gasteiger partial charge is 0.408 e. The minimum atomic E-state index is -4.57. The fourth-order valence-electron chi connectivity index (χ4n) is 2.89. The summed E-state index contributed by atoms with van der Waals surface area (Å²) >= 11 is 0. The molecule has 1 aromatic heterocycles. The first-order chi connectivity index (χ1) is 11.6. The first-order valence-corrected chi connectivity index (χ1v) is 7.66. The molecule has 1 saturated heterocycles. The quantitative estimate of drug-likeness (QED) is 0.879. The van der Waals surface area contributed by atoms with Gasteiger partial charge in [0.25, 0.3) is 5.91 Å². The predicted molar refractivity (Wildman–Crippen MR) is 81.4 cm³/mol. The lowest BCUT2D eigenvalue weighted by atomic mass is 9.97. The summed E-state index contributed by atoms with van der Waals surface area (Å²) in [7, 11) is 0. The van der Waals surface area contributed by atoms with Crippen LogP contribution in [0.25, 0.3) is 0 Å². The number of carbonyl (C=O) groups excluding carboxylic acids is 2. The Bertz CT molecular complexity index is 727. The summed E-state index contributed by atoms with van der Waals surface area (Å²) in [6.07, 6.45) is -4.73. The summed E-state index contributed by atoms with van der Waals surface area (Å²) in [4.78, 5) is 28.4. The van der Waals surface area contributed by atoms with E-state index in [2.05, 4.69) is 10.3 Å². The second-order valence-corrected chi connectivity index (χ2v) is 5.93. The summed E-state index contributed by atoms with van der Waals surface area (Å²) in [5.41, 5.74) is 0.361. The Kier molecular flexibility index (Phi) is 5.30. The molecule has 2 rings (SSSR count). The van der Waals surface area contributed by atoms with Gasteiger partial charge >= 0.3 is 6.18 Å². The van der Waals surface area contributed by atoms with Gasteiger partial charge in [-0.3, -0.25) is 9.59 Å². The van der Waals surface area contributed by atoms with Gasteiger partial charge in [0.15, 0.2) is 0 Å². The third kappa shape index (κ3) is 4.26. The van der Waals surface area contributed by atoms with Crippen LogP contribution < -0.4 is 5.32 Å². The minimum Gasteiger partial charge on any atom is -0.352 e. The molecule has 6 nitrogen and oxygen atoms in total. The van der Waals surface area contributed by atoms with E-state index >= 15 is 0 Å². The summed E-state index contributed by atoms with van der Waals surface area (Å²) < 4.78 is 39.9. The van der Waals surface area contributed by atoms with Crippen LogP contribution in [-0.4, -0.2) is 46.5 Å². The van der Waals surface area contributed by atoms with E-state index in [-0.39, 0.29) is 42.2 Å². The molecule has 2 amide bonds. The third-order valence-electron chi connectivity index (χ3n) is 4.05. The number of piperidine rings is 1. The number of rotatable bonds is 2. The summed E-state index contributed by atoms with van der Waals surface area (Å²) in [5, 5.41) is 11.4. The fraction of sp³-hybridized carbons (Fsp3) is 0.500. The molecule has 25 heavy (non-hydrogen) atoms. The van der Waals surface area contributed by atoms with Crippen LogP contribution in [0.1, 0.15) is 41.5 Å². The van der Waals surface area contributed by atoms with Gasteiger partial charge in [-0.05, 0) is 31.9 Å². The van der Waals surface area contributed by atoms with Crippen LogP contribution in [-0.2, 0) is 4.79 Å². The molecule has 134 valence electrons. The molecule has 9 heteroatoms. The highest BCUT2D eigenvalue weighted by molar-refractivity contribution is 5.93. The van der Waals surface area contributed by atoms with Gasteiger partial charge in [-0.15, -0.1) is 0 Å². The summed E-state index contributed by atoms with van der Waals surface area (Å²) in [6.45, 7) is 2.53. The molecule has 1 aliphatic rings. The smallest absolute Gasteiger partial charge is 0.352 e. The van der Waals surface area contributed by atoms with Crippen LogP contribution in [0.15, 0.2) is 12.1 Å². The zero-order chi connectivity index (χ0) is 18.8. The Hall–Kier alpha value is -2.63. The number of aromatic nitrogens is 1.